The molecular weight excluding hydrogens is 442 g/mol. The van der Waals surface area contributed by atoms with Crippen LogP contribution in [-0.4, -0.2) is 28.0 Å². The van der Waals surface area contributed by atoms with Crippen LogP contribution in [0.25, 0.3) is 0 Å². The minimum absolute atomic E-state index is 0.0778. The zero-order chi connectivity index (χ0) is 23.8. The third-order valence-electron chi connectivity index (χ3n) is 4.75. The van der Waals surface area contributed by atoms with Gasteiger partial charge in [-0.25, -0.2) is 8.42 Å². The van der Waals surface area contributed by atoms with Gasteiger partial charge in [0.25, 0.3) is 15.9 Å². The molecule has 33 heavy (non-hydrogen) atoms. The van der Waals surface area contributed by atoms with Crippen LogP contribution >= 0.6 is 0 Å². The number of methoxy groups -OCH3 is 1. The average Bonchev–Trinajstić information content (AvgIpc) is 2.83. The summed E-state index contributed by atoms with van der Waals surface area (Å²) in [6, 6.07) is 19.6. The molecule has 0 heterocycles. The van der Waals surface area contributed by atoms with Crippen molar-refractivity contribution in [3.8, 4) is 17.6 Å². The van der Waals surface area contributed by atoms with Crippen LogP contribution in [0.5, 0.6) is 11.5 Å². The minimum atomic E-state index is -4.02. The van der Waals surface area contributed by atoms with Crippen LogP contribution in [0.2, 0.25) is 0 Å². The fourth-order valence-corrected chi connectivity index (χ4v) is 4.25. The zero-order valence-corrected chi connectivity index (χ0v) is 19.0. The Morgan fingerprint density at radius 3 is 2.27 bits per heavy atom. The summed E-state index contributed by atoms with van der Waals surface area (Å²) in [6.07, 6.45) is 0.841. The maximum absolute atomic E-state index is 13.0. The first-order chi connectivity index (χ1) is 15.9. The molecule has 0 bridgehead atoms. The van der Waals surface area contributed by atoms with Gasteiger partial charge in [-0.1, -0.05) is 19.1 Å². The monoisotopic (exact) mass is 465 g/mol. The Morgan fingerprint density at radius 1 is 1.00 bits per heavy atom. The molecule has 0 radical (unpaired) electrons. The van der Waals surface area contributed by atoms with E-state index in [1.54, 1.807) is 36.4 Å². The van der Waals surface area contributed by atoms with E-state index in [1.807, 2.05) is 25.1 Å². The first-order valence-electron chi connectivity index (χ1n) is 10.1. The van der Waals surface area contributed by atoms with Gasteiger partial charge in [-0.15, -0.1) is 0 Å². The van der Waals surface area contributed by atoms with Gasteiger partial charge >= 0.3 is 0 Å². The molecule has 3 rings (SSSR count). The summed E-state index contributed by atoms with van der Waals surface area (Å²) < 4.78 is 39.0. The molecule has 170 valence electrons. The summed E-state index contributed by atoms with van der Waals surface area (Å²) in [4.78, 5) is 12.6. The summed E-state index contributed by atoms with van der Waals surface area (Å²) in [7, 11) is -2.66. The average molecular weight is 466 g/mol. The number of amides is 1. The highest BCUT2D eigenvalue weighted by molar-refractivity contribution is 7.92. The fourth-order valence-electron chi connectivity index (χ4n) is 3.00. The molecule has 0 aliphatic rings. The summed E-state index contributed by atoms with van der Waals surface area (Å²) in [5.74, 6) is 0.112. The van der Waals surface area contributed by atoms with Gasteiger partial charge in [-0.2, -0.15) is 5.26 Å². The normalized spacial score (nSPS) is 10.7. The Bertz CT molecular complexity index is 1260. The van der Waals surface area contributed by atoms with Crippen molar-refractivity contribution in [2.24, 2.45) is 0 Å². The number of carbonyl (C=O) groups excluding carboxylic acids is 1. The summed E-state index contributed by atoms with van der Waals surface area (Å²) in [5, 5.41) is 11.3. The second-order valence-electron chi connectivity index (χ2n) is 6.95. The number of aryl methyl sites for hydroxylation is 1. The largest absolute Gasteiger partial charge is 0.495 e. The van der Waals surface area contributed by atoms with Crippen LogP contribution in [0, 0.1) is 11.3 Å². The molecule has 8 nitrogen and oxygen atoms in total. The van der Waals surface area contributed by atoms with E-state index in [9.17, 15) is 13.2 Å². The van der Waals surface area contributed by atoms with E-state index in [-0.39, 0.29) is 22.8 Å². The van der Waals surface area contributed by atoms with E-state index in [4.69, 9.17) is 14.7 Å². The fraction of sp³-hybridized carbons (Fsp3) is 0.167. The lowest BCUT2D eigenvalue weighted by molar-refractivity contribution is 0.102. The van der Waals surface area contributed by atoms with Crippen LogP contribution in [0.3, 0.4) is 0 Å². The Balaban J connectivity index is 1.81. The highest BCUT2D eigenvalue weighted by Gasteiger charge is 2.22. The molecule has 0 saturated heterocycles. The number of nitriles is 1. The van der Waals surface area contributed by atoms with Crippen molar-refractivity contribution in [2.75, 3.05) is 23.8 Å². The van der Waals surface area contributed by atoms with E-state index >= 15 is 0 Å². The zero-order valence-electron chi connectivity index (χ0n) is 18.2. The third-order valence-corrected chi connectivity index (χ3v) is 6.15. The van der Waals surface area contributed by atoms with Gasteiger partial charge < -0.3 is 14.8 Å². The Kier molecular flexibility index (Phi) is 7.53. The van der Waals surface area contributed by atoms with E-state index in [0.717, 1.165) is 12.0 Å². The molecule has 3 aromatic carbocycles. The first kappa shape index (κ1) is 23.6. The lowest BCUT2D eigenvalue weighted by Crippen LogP contribution is -2.17. The molecule has 0 atom stereocenters. The number of nitrogens with one attached hydrogen (secondary N) is 2. The van der Waals surface area contributed by atoms with Crippen molar-refractivity contribution in [1.29, 1.82) is 5.26 Å². The van der Waals surface area contributed by atoms with E-state index in [2.05, 4.69) is 10.0 Å². The molecular formula is C24H23N3O5S. The second-order valence-corrected chi connectivity index (χ2v) is 8.60. The van der Waals surface area contributed by atoms with E-state index in [1.165, 1.54) is 25.3 Å². The number of hydrogen-bond donors (Lipinski definition) is 2. The first-order valence-corrected chi connectivity index (χ1v) is 11.6. The van der Waals surface area contributed by atoms with Crippen molar-refractivity contribution in [3.63, 3.8) is 0 Å². The third kappa shape index (κ3) is 6.02. The summed E-state index contributed by atoms with van der Waals surface area (Å²) in [6.45, 7) is 1.93. The van der Waals surface area contributed by atoms with Crippen LogP contribution in [-0.2, 0) is 16.4 Å². The smallest absolute Gasteiger partial charge is 0.265 e. The number of nitrogens with zero attached hydrogens (tertiary/aromatic N) is 1. The van der Waals surface area contributed by atoms with Crippen LogP contribution in [0.15, 0.2) is 71.6 Å². The van der Waals surface area contributed by atoms with Gasteiger partial charge in [0.15, 0.2) is 6.61 Å². The lowest BCUT2D eigenvalue weighted by Gasteiger charge is -2.14. The lowest BCUT2D eigenvalue weighted by atomic mass is 10.2. The van der Waals surface area contributed by atoms with Crippen molar-refractivity contribution < 1.29 is 22.7 Å². The standard InChI is InChI=1S/C24H23N3O5S/c1-3-17-4-7-20(8-5-17)27-33(29,30)23-16-18(6-13-22(23)31-2)24(28)26-19-9-11-21(12-10-19)32-15-14-25/h4-13,16,27H,3,15H2,1-2H3,(H,26,28). The summed E-state index contributed by atoms with van der Waals surface area (Å²) in [5.41, 5.74) is 2.11. The molecule has 0 unspecified atom stereocenters. The number of rotatable bonds is 9. The van der Waals surface area contributed by atoms with E-state index in [0.29, 0.717) is 17.1 Å². The van der Waals surface area contributed by atoms with Gasteiger partial charge in [0.1, 0.15) is 22.5 Å². The van der Waals surface area contributed by atoms with Gasteiger partial charge in [-0.3, -0.25) is 9.52 Å². The number of carbonyl (C=O) groups is 1. The van der Waals surface area contributed by atoms with Gasteiger partial charge in [-0.05, 0) is 66.6 Å². The van der Waals surface area contributed by atoms with Crippen LogP contribution in [0.4, 0.5) is 11.4 Å². The highest BCUT2D eigenvalue weighted by Crippen LogP contribution is 2.28. The number of benzene rings is 3. The van der Waals surface area contributed by atoms with Crippen molar-refractivity contribution in [1.82, 2.24) is 0 Å². The van der Waals surface area contributed by atoms with Crippen molar-refractivity contribution in [3.05, 3.63) is 77.9 Å². The van der Waals surface area contributed by atoms with Gasteiger partial charge in [0, 0.05) is 16.9 Å². The summed E-state index contributed by atoms with van der Waals surface area (Å²) >= 11 is 0. The molecule has 9 heteroatoms. The van der Waals surface area contributed by atoms with E-state index < -0.39 is 15.9 Å². The Morgan fingerprint density at radius 2 is 1.67 bits per heavy atom. The molecule has 2 N–H and O–H groups in total. The topological polar surface area (TPSA) is 118 Å². The Hall–Kier alpha value is -4.03. The number of hydrogen-bond acceptors (Lipinski definition) is 6. The van der Waals surface area contributed by atoms with Crippen molar-refractivity contribution >= 4 is 27.3 Å². The molecule has 0 saturated carbocycles. The van der Waals surface area contributed by atoms with Crippen LogP contribution < -0.4 is 19.5 Å². The molecule has 3 aromatic rings. The predicted molar refractivity (Wildman–Crippen MR) is 125 cm³/mol. The highest BCUT2D eigenvalue weighted by atomic mass is 32.2. The maximum Gasteiger partial charge on any atom is 0.265 e. The number of ether oxygens (including phenoxy) is 2. The Labute approximate surface area is 192 Å². The quantitative estimate of drug-likeness (QED) is 0.489. The second kappa shape index (κ2) is 10.5. The van der Waals surface area contributed by atoms with Crippen LogP contribution in [0.1, 0.15) is 22.8 Å². The van der Waals surface area contributed by atoms with Gasteiger partial charge in [0.2, 0.25) is 0 Å². The molecule has 0 spiro atoms. The molecule has 0 aliphatic carbocycles. The maximum atomic E-state index is 13.0. The number of anilines is 2. The SMILES string of the molecule is CCc1ccc(NS(=O)(=O)c2cc(C(=O)Nc3ccc(OCC#N)cc3)ccc2OC)cc1. The molecule has 0 aromatic heterocycles. The molecule has 1 amide bonds. The predicted octanol–water partition coefficient (Wildman–Crippen LogP) is 4.21. The van der Waals surface area contributed by atoms with Crippen molar-refractivity contribution in [2.45, 2.75) is 18.2 Å². The molecule has 0 aliphatic heterocycles. The number of sulfonamides is 1. The minimum Gasteiger partial charge on any atom is -0.495 e. The van der Waals surface area contributed by atoms with Gasteiger partial charge in [0.05, 0.1) is 7.11 Å². The molecule has 0 fully saturated rings.